The van der Waals surface area contributed by atoms with Crippen LogP contribution in [0.4, 0.5) is 0 Å². The lowest BCUT2D eigenvalue weighted by Gasteiger charge is -2.10. The lowest BCUT2D eigenvalue weighted by atomic mass is 10.2. The second kappa shape index (κ2) is 4.96. The number of hydrogen-bond acceptors (Lipinski definition) is 2. The summed E-state index contributed by atoms with van der Waals surface area (Å²) in [5.41, 5.74) is 2.11. The standard InChI is InChI=1S/C14H15NO3/c1-10-12(14(16)17)7-8-15(10)9-11-5-3-4-6-13(11)18-2/h3-8H,9H2,1-2H3,(H,16,17). The van der Waals surface area contributed by atoms with Crippen LogP contribution in [0.5, 0.6) is 5.75 Å². The van der Waals surface area contributed by atoms with Gasteiger partial charge < -0.3 is 14.4 Å². The van der Waals surface area contributed by atoms with Gasteiger partial charge in [-0.05, 0) is 19.1 Å². The zero-order chi connectivity index (χ0) is 13.1. The van der Waals surface area contributed by atoms with E-state index in [0.29, 0.717) is 12.1 Å². The molecule has 18 heavy (non-hydrogen) atoms. The maximum Gasteiger partial charge on any atom is 0.337 e. The van der Waals surface area contributed by atoms with Gasteiger partial charge in [0.25, 0.3) is 0 Å². The van der Waals surface area contributed by atoms with Crippen molar-refractivity contribution in [3.63, 3.8) is 0 Å². The minimum atomic E-state index is -0.897. The summed E-state index contributed by atoms with van der Waals surface area (Å²) in [4.78, 5) is 11.0. The molecule has 0 radical (unpaired) electrons. The number of carboxylic acid groups (broad SMARTS) is 1. The first-order valence-corrected chi connectivity index (χ1v) is 5.64. The fourth-order valence-electron chi connectivity index (χ4n) is 1.97. The van der Waals surface area contributed by atoms with E-state index in [1.807, 2.05) is 28.8 Å². The number of carbonyl (C=O) groups is 1. The highest BCUT2D eigenvalue weighted by molar-refractivity contribution is 5.88. The molecule has 0 aliphatic carbocycles. The molecule has 2 aromatic rings. The summed E-state index contributed by atoms with van der Waals surface area (Å²) < 4.78 is 7.19. The summed E-state index contributed by atoms with van der Waals surface area (Å²) in [5.74, 6) is -0.0891. The van der Waals surface area contributed by atoms with Crippen molar-refractivity contribution >= 4 is 5.97 Å². The van der Waals surface area contributed by atoms with Crippen LogP contribution in [0.25, 0.3) is 0 Å². The Balaban J connectivity index is 2.32. The van der Waals surface area contributed by atoms with Crippen LogP contribution in [0.1, 0.15) is 21.6 Å². The molecule has 1 aromatic carbocycles. The summed E-state index contributed by atoms with van der Waals surface area (Å²) in [6.07, 6.45) is 1.78. The van der Waals surface area contributed by atoms with Crippen LogP contribution in [-0.4, -0.2) is 22.8 Å². The normalized spacial score (nSPS) is 10.3. The van der Waals surface area contributed by atoms with Gasteiger partial charge in [-0.1, -0.05) is 18.2 Å². The summed E-state index contributed by atoms with van der Waals surface area (Å²) in [7, 11) is 1.63. The quantitative estimate of drug-likeness (QED) is 0.900. The van der Waals surface area contributed by atoms with Crippen molar-refractivity contribution in [1.29, 1.82) is 0 Å². The van der Waals surface area contributed by atoms with Gasteiger partial charge in [0, 0.05) is 17.5 Å². The SMILES string of the molecule is COc1ccccc1Cn1ccc(C(=O)O)c1C. The van der Waals surface area contributed by atoms with Gasteiger partial charge in [0.05, 0.1) is 19.2 Å². The van der Waals surface area contributed by atoms with Gasteiger partial charge in [-0.2, -0.15) is 0 Å². The third-order valence-corrected chi connectivity index (χ3v) is 3.01. The zero-order valence-corrected chi connectivity index (χ0v) is 10.4. The minimum Gasteiger partial charge on any atom is -0.496 e. The molecule has 0 bridgehead atoms. The molecule has 0 aliphatic rings. The van der Waals surface area contributed by atoms with Crippen LogP contribution < -0.4 is 4.74 Å². The van der Waals surface area contributed by atoms with Gasteiger partial charge in [-0.15, -0.1) is 0 Å². The van der Waals surface area contributed by atoms with Gasteiger partial charge >= 0.3 is 5.97 Å². The molecule has 4 nitrogen and oxygen atoms in total. The zero-order valence-electron chi connectivity index (χ0n) is 10.4. The van der Waals surface area contributed by atoms with Crippen LogP contribution >= 0.6 is 0 Å². The highest BCUT2D eigenvalue weighted by atomic mass is 16.5. The Morgan fingerprint density at radius 1 is 1.33 bits per heavy atom. The smallest absolute Gasteiger partial charge is 0.337 e. The lowest BCUT2D eigenvalue weighted by molar-refractivity contribution is 0.0696. The van der Waals surface area contributed by atoms with E-state index in [0.717, 1.165) is 17.0 Å². The molecule has 2 rings (SSSR count). The second-order valence-corrected chi connectivity index (χ2v) is 4.06. The maximum atomic E-state index is 11.0. The molecule has 94 valence electrons. The van der Waals surface area contributed by atoms with E-state index in [1.165, 1.54) is 0 Å². The third-order valence-electron chi connectivity index (χ3n) is 3.01. The molecule has 4 heteroatoms. The summed E-state index contributed by atoms with van der Waals surface area (Å²) >= 11 is 0. The molecular weight excluding hydrogens is 230 g/mol. The van der Waals surface area contributed by atoms with E-state index >= 15 is 0 Å². The first-order chi connectivity index (χ1) is 8.63. The van der Waals surface area contributed by atoms with Crippen LogP contribution in [0.15, 0.2) is 36.5 Å². The Morgan fingerprint density at radius 2 is 2.06 bits per heavy atom. The second-order valence-electron chi connectivity index (χ2n) is 4.06. The van der Waals surface area contributed by atoms with Crippen molar-refractivity contribution in [2.24, 2.45) is 0 Å². The molecule has 0 fully saturated rings. The van der Waals surface area contributed by atoms with Crippen molar-refractivity contribution in [3.05, 3.63) is 53.3 Å². The van der Waals surface area contributed by atoms with E-state index in [1.54, 1.807) is 26.3 Å². The molecule has 1 heterocycles. The molecule has 0 amide bonds. The van der Waals surface area contributed by atoms with E-state index < -0.39 is 5.97 Å². The Morgan fingerprint density at radius 3 is 2.67 bits per heavy atom. The number of benzene rings is 1. The van der Waals surface area contributed by atoms with Crippen LogP contribution in [0, 0.1) is 6.92 Å². The number of aromatic nitrogens is 1. The number of nitrogens with zero attached hydrogens (tertiary/aromatic N) is 1. The van der Waals surface area contributed by atoms with Gasteiger partial charge in [0.2, 0.25) is 0 Å². The number of ether oxygens (including phenoxy) is 1. The Hall–Kier alpha value is -2.23. The largest absolute Gasteiger partial charge is 0.496 e. The number of carboxylic acids is 1. The highest BCUT2D eigenvalue weighted by Crippen LogP contribution is 2.20. The summed E-state index contributed by atoms with van der Waals surface area (Å²) in [5, 5.41) is 9.01. The molecule has 0 spiro atoms. The average Bonchev–Trinajstić information content (AvgIpc) is 2.72. The van der Waals surface area contributed by atoms with Gasteiger partial charge in [-0.3, -0.25) is 0 Å². The van der Waals surface area contributed by atoms with Gasteiger partial charge in [-0.25, -0.2) is 4.79 Å². The monoisotopic (exact) mass is 245 g/mol. The topological polar surface area (TPSA) is 51.5 Å². The molecule has 1 N–H and O–H groups in total. The maximum absolute atomic E-state index is 11.0. The molecule has 0 aliphatic heterocycles. The van der Waals surface area contributed by atoms with Crippen molar-refractivity contribution in [1.82, 2.24) is 4.57 Å². The molecule has 0 saturated heterocycles. The molecular formula is C14H15NO3. The number of para-hydroxylation sites is 1. The van der Waals surface area contributed by atoms with Gasteiger partial charge in [0.15, 0.2) is 0 Å². The summed E-state index contributed by atoms with van der Waals surface area (Å²) in [6.45, 7) is 2.40. The molecule has 1 aromatic heterocycles. The van der Waals surface area contributed by atoms with Crippen LogP contribution in [0.2, 0.25) is 0 Å². The van der Waals surface area contributed by atoms with E-state index in [4.69, 9.17) is 9.84 Å². The van der Waals surface area contributed by atoms with Crippen LogP contribution in [-0.2, 0) is 6.54 Å². The van der Waals surface area contributed by atoms with E-state index in [9.17, 15) is 4.79 Å². The Kier molecular flexibility index (Phi) is 3.37. The predicted octanol–water partition coefficient (Wildman–Crippen LogP) is 2.55. The highest BCUT2D eigenvalue weighted by Gasteiger charge is 2.12. The first-order valence-electron chi connectivity index (χ1n) is 5.64. The van der Waals surface area contributed by atoms with E-state index in [-0.39, 0.29) is 0 Å². The number of rotatable bonds is 4. The average molecular weight is 245 g/mol. The number of aromatic carboxylic acids is 1. The van der Waals surface area contributed by atoms with E-state index in [2.05, 4.69) is 0 Å². The van der Waals surface area contributed by atoms with Crippen LogP contribution in [0.3, 0.4) is 0 Å². The molecule has 0 unspecified atom stereocenters. The number of methoxy groups -OCH3 is 1. The number of hydrogen-bond donors (Lipinski definition) is 1. The fourth-order valence-corrected chi connectivity index (χ4v) is 1.97. The molecule has 0 saturated carbocycles. The van der Waals surface area contributed by atoms with Crippen molar-refractivity contribution in [3.8, 4) is 5.75 Å². The molecule has 0 atom stereocenters. The van der Waals surface area contributed by atoms with Crippen molar-refractivity contribution in [2.45, 2.75) is 13.5 Å². The fraction of sp³-hybridized carbons (Fsp3) is 0.214. The Labute approximate surface area is 105 Å². The lowest BCUT2D eigenvalue weighted by Crippen LogP contribution is -2.05. The minimum absolute atomic E-state index is 0.338. The van der Waals surface area contributed by atoms with Crippen molar-refractivity contribution < 1.29 is 14.6 Å². The predicted molar refractivity (Wildman–Crippen MR) is 68.2 cm³/mol. The first kappa shape index (κ1) is 12.2. The summed E-state index contributed by atoms with van der Waals surface area (Å²) in [6, 6.07) is 9.33. The Bertz CT molecular complexity index is 572. The van der Waals surface area contributed by atoms with Gasteiger partial charge in [0.1, 0.15) is 5.75 Å². The third kappa shape index (κ3) is 2.22. The van der Waals surface area contributed by atoms with Crippen molar-refractivity contribution in [2.75, 3.05) is 7.11 Å².